The third kappa shape index (κ3) is 5.52. The van der Waals surface area contributed by atoms with Gasteiger partial charge in [0, 0.05) is 0 Å². The van der Waals surface area contributed by atoms with Crippen LogP contribution in [0.4, 0.5) is 0 Å². The maximum atomic E-state index is 10.3. The molecule has 0 aromatic rings. The van der Waals surface area contributed by atoms with Gasteiger partial charge in [-0.05, 0) is 0 Å². The fourth-order valence-corrected chi connectivity index (χ4v) is 3.94. The Labute approximate surface area is 192 Å². The number of hydrogen-bond donors (Lipinski definition) is 11. The Hall–Kier alpha value is -0.640. The van der Waals surface area contributed by atoms with Crippen LogP contribution in [0.25, 0.3) is 0 Å². The van der Waals surface area contributed by atoms with Crippen molar-refractivity contribution in [1.29, 1.82) is 0 Å². The molecule has 0 bridgehead atoms. The van der Waals surface area contributed by atoms with Crippen LogP contribution >= 0.6 is 0 Å². The average Bonchev–Trinajstić information content (AvgIpc) is 2.82. The molecule has 0 radical (unpaired) electrons. The quantitative estimate of drug-likeness (QED) is 0.154. The summed E-state index contributed by atoms with van der Waals surface area (Å²) in [5.74, 6) is 0. The number of aliphatic hydroxyl groups excluding tert-OH is 11. The van der Waals surface area contributed by atoms with E-state index in [-0.39, 0.29) is 0 Å². The molecule has 1 unspecified atom stereocenters. The fourth-order valence-electron chi connectivity index (χ4n) is 3.94. The van der Waals surface area contributed by atoms with Gasteiger partial charge in [0.05, 0.1) is 19.8 Å². The number of rotatable bonds is 7. The van der Waals surface area contributed by atoms with Crippen molar-refractivity contribution in [2.24, 2.45) is 0 Å². The lowest BCUT2D eigenvalue weighted by molar-refractivity contribution is -0.362. The first-order valence-corrected chi connectivity index (χ1v) is 10.6. The highest BCUT2D eigenvalue weighted by molar-refractivity contribution is 4.94. The molecule has 3 aliphatic heterocycles. The molecule has 0 amide bonds. The van der Waals surface area contributed by atoms with Gasteiger partial charge >= 0.3 is 0 Å². The molecule has 0 aromatic heterocycles. The molecule has 3 fully saturated rings. The molecule has 0 saturated carbocycles. The standard InChI is InChI=1S/C18H32O16/c19-1-4-7(21)10(24)12(26)17(32-4)30-3-6-8(22)11(25)13(27)18(33-6)34-15-9(23)5(2-20)31-16(29)14(15)28/h4-29H,1-3H2/t4-,5-,6-,7-,8-,9-,10+,11+,12+,13+,14+,15+,16?,17+,18-/m1/s1. The van der Waals surface area contributed by atoms with E-state index in [9.17, 15) is 56.2 Å². The lowest BCUT2D eigenvalue weighted by Gasteiger charge is -2.45. The van der Waals surface area contributed by atoms with E-state index < -0.39 is 112 Å². The predicted octanol–water partition coefficient (Wildman–Crippen LogP) is -7.57. The van der Waals surface area contributed by atoms with Crippen molar-refractivity contribution in [1.82, 2.24) is 0 Å². The second-order valence-electron chi connectivity index (χ2n) is 8.37. The van der Waals surface area contributed by atoms with Crippen molar-refractivity contribution in [2.45, 2.75) is 92.1 Å². The summed E-state index contributed by atoms with van der Waals surface area (Å²) in [5.41, 5.74) is 0. The highest BCUT2D eigenvalue weighted by Gasteiger charge is 2.51. The lowest BCUT2D eigenvalue weighted by atomic mass is 9.97. The van der Waals surface area contributed by atoms with E-state index in [0.29, 0.717) is 0 Å². The molecule has 0 spiro atoms. The molecule has 0 aliphatic carbocycles. The minimum absolute atomic E-state index is 0.617. The molecular weight excluding hydrogens is 472 g/mol. The van der Waals surface area contributed by atoms with Gasteiger partial charge in [0.25, 0.3) is 0 Å². The van der Waals surface area contributed by atoms with Crippen molar-refractivity contribution in [3.05, 3.63) is 0 Å². The van der Waals surface area contributed by atoms with Crippen molar-refractivity contribution >= 4 is 0 Å². The van der Waals surface area contributed by atoms with E-state index >= 15 is 0 Å². The Bertz CT molecular complexity index is 639. The molecule has 0 aromatic carbocycles. The minimum atomic E-state index is -1.88. The van der Waals surface area contributed by atoms with Gasteiger partial charge in [-0.25, -0.2) is 0 Å². The third-order valence-corrected chi connectivity index (χ3v) is 6.07. The summed E-state index contributed by atoms with van der Waals surface area (Å²) in [6.07, 6.45) is -25.0. The lowest BCUT2D eigenvalue weighted by Crippen LogP contribution is -2.65. The van der Waals surface area contributed by atoms with Gasteiger partial charge < -0.3 is 79.9 Å². The zero-order valence-corrected chi connectivity index (χ0v) is 17.7. The van der Waals surface area contributed by atoms with Crippen molar-refractivity contribution < 1.29 is 79.9 Å². The van der Waals surface area contributed by atoms with E-state index in [1.165, 1.54) is 0 Å². The molecular formula is C18H32O16. The fraction of sp³-hybridized carbons (Fsp3) is 1.00. The maximum Gasteiger partial charge on any atom is 0.187 e. The van der Waals surface area contributed by atoms with Gasteiger partial charge in [-0.1, -0.05) is 0 Å². The summed E-state index contributed by atoms with van der Waals surface area (Å²) in [4.78, 5) is 0. The summed E-state index contributed by atoms with van der Waals surface area (Å²) in [7, 11) is 0. The van der Waals surface area contributed by atoms with E-state index in [1.807, 2.05) is 0 Å². The SMILES string of the molecule is OC[C@H]1O[C@H](OC[C@H]2O[C@H](O[C@H]3[C@H](O)[C@@H](CO)OC(O)[C@H]3O)[C@@H](O)[C@@H](O)[C@@H]2O)[C@@H](O)[C@@H](O)[C@@H]1O. The monoisotopic (exact) mass is 504 g/mol. The Morgan fingerprint density at radius 2 is 1.00 bits per heavy atom. The van der Waals surface area contributed by atoms with Gasteiger partial charge in [-0.3, -0.25) is 0 Å². The number of hydrogen-bond acceptors (Lipinski definition) is 16. The van der Waals surface area contributed by atoms with Crippen LogP contribution in [-0.2, 0) is 23.7 Å². The summed E-state index contributed by atoms with van der Waals surface area (Å²) >= 11 is 0. The van der Waals surface area contributed by atoms with Crippen LogP contribution < -0.4 is 0 Å². The highest BCUT2D eigenvalue weighted by atomic mass is 16.7. The number of aliphatic hydroxyl groups is 11. The highest BCUT2D eigenvalue weighted by Crippen LogP contribution is 2.29. The molecule has 3 aliphatic rings. The first-order valence-electron chi connectivity index (χ1n) is 10.6. The van der Waals surface area contributed by atoms with Crippen molar-refractivity contribution in [3.63, 3.8) is 0 Å². The van der Waals surface area contributed by atoms with Gasteiger partial charge in [-0.2, -0.15) is 0 Å². The van der Waals surface area contributed by atoms with E-state index in [0.717, 1.165) is 0 Å². The molecule has 3 heterocycles. The minimum Gasteiger partial charge on any atom is -0.394 e. The molecule has 11 N–H and O–H groups in total. The molecule has 16 nitrogen and oxygen atoms in total. The largest absolute Gasteiger partial charge is 0.394 e. The van der Waals surface area contributed by atoms with Crippen molar-refractivity contribution in [3.8, 4) is 0 Å². The Morgan fingerprint density at radius 1 is 0.500 bits per heavy atom. The van der Waals surface area contributed by atoms with Crippen LogP contribution in [0.2, 0.25) is 0 Å². The molecule has 200 valence electrons. The van der Waals surface area contributed by atoms with Crippen molar-refractivity contribution in [2.75, 3.05) is 19.8 Å². The third-order valence-electron chi connectivity index (χ3n) is 6.07. The van der Waals surface area contributed by atoms with Gasteiger partial charge in [-0.15, -0.1) is 0 Å². The van der Waals surface area contributed by atoms with Crippen LogP contribution in [0.15, 0.2) is 0 Å². The zero-order valence-electron chi connectivity index (χ0n) is 17.7. The Morgan fingerprint density at radius 3 is 1.59 bits per heavy atom. The summed E-state index contributed by atoms with van der Waals surface area (Å²) < 4.78 is 26.1. The molecule has 3 saturated heterocycles. The molecule has 16 heteroatoms. The van der Waals surface area contributed by atoms with E-state index in [2.05, 4.69) is 0 Å². The summed E-state index contributed by atoms with van der Waals surface area (Å²) in [5, 5.41) is 109. The van der Waals surface area contributed by atoms with Gasteiger partial charge in [0.2, 0.25) is 0 Å². The van der Waals surface area contributed by atoms with E-state index in [4.69, 9.17) is 23.7 Å². The summed E-state index contributed by atoms with van der Waals surface area (Å²) in [6, 6.07) is 0. The Balaban J connectivity index is 1.66. The first-order chi connectivity index (χ1) is 16.0. The smallest absolute Gasteiger partial charge is 0.187 e. The van der Waals surface area contributed by atoms with Crippen LogP contribution in [0.5, 0.6) is 0 Å². The van der Waals surface area contributed by atoms with Crippen LogP contribution in [0, 0.1) is 0 Å². The second-order valence-corrected chi connectivity index (χ2v) is 8.37. The first kappa shape index (κ1) is 27.9. The van der Waals surface area contributed by atoms with Crippen LogP contribution in [-0.4, -0.2) is 168 Å². The molecule has 15 atom stereocenters. The van der Waals surface area contributed by atoms with Gasteiger partial charge in [0.15, 0.2) is 18.9 Å². The van der Waals surface area contributed by atoms with E-state index in [1.54, 1.807) is 0 Å². The van der Waals surface area contributed by atoms with Crippen LogP contribution in [0.3, 0.4) is 0 Å². The average molecular weight is 504 g/mol. The maximum absolute atomic E-state index is 10.3. The van der Waals surface area contributed by atoms with Gasteiger partial charge in [0.1, 0.15) is 73.2 Å². The second kappa shape index (κ2) is 11.6. The Kier molecular flexibility index (Phi) is 9.54. The molecule has 34 heavy (non-hydrogen) atoms. The number of ether oxygens (including phenoxy) is 5. The normalized spacial score (nSPS) is 52.5. The van der Waals surface area contributed by atoms with Crippen LogP contribution in [0.1, 0.15) is 0 Å². The predicted molar refractivity (Wildman–Crippen MR) is 101 cm³/mol. The molecule has 3 rings (SSSR count). The zero-order chi connectivity index (χ0) is 25.3. The summed E-state index contributed by atoms with van der Waals surface area (Å²) in [6.45, 7) is -2.06. The topological polar surface area (TPSA) is 269 Å².